The van der Waals surface area contributed by atoms with Gasteiger partial charge in [-0.1, -0.05) is 29.0 Å². The highest BCUT2D eigenvalue weighted by molar-refractivity contribution is 7.20. The molecule has 0 bridgehead atoms. The van der Waals surface area contributed by atoms with Crippen LogP contribution in [0.2, 0.25) is 0 Å². The minimum Gasteiger partial charge on any atom is -0.306 e. The van der Waals surface area contributed by atoms with E-state index in [-0.39, 0.29) is 5.91 Å². The first kappa shape index (κ1) is 18.4. The molecule has 0 saturated carbocycles. The topological polar surface area (TPSA) is 59.8 Å². The van der Waals surface area contributed by atoms with Crippen LogP contribution in [0, 0.1) is 34.6 Å². The van der Waals surface area contributed by atoms with Crippen molar-refractivity contribution in [2.24, 2.45) is 0 Å². The van der Waals surface area contributed by atoms with Gasteiger partial charge in [0.05, 0.1) is 15.9 Å². The van der Waals surface area contributed by atoms with E-state index in [2.05, 4.69) is 36.4 Å². The Hall–Kier alpha value is -2.99. The van der Waals surface area contributed by atoms with Crippen LogP contribution >= 0.6 is 11.3 Å². The van der Waals surface area contributed by atoms with Gasteiger partial charge in [-0.3, -0.25) is 4.79 Å². The molecule has 2 heterocycles. The van der Waals surface area contributed by atoms with Crippen molar-refractivity contribution in [3.8, 4) is 5.13 Å². The summed E-state index contributed by atoms with van der Waals surface area (Å²) in [5.41, 5.74) is 6.96. The third-order valence-electron chi connectivity index (χ3n) is 4.87. The summed E-state index contributed by atoms with van der Waals surface area (Å²) in [5, 5.41) is 8.30. The lowest BCUT2D eigenvalue weighted by Gasteiger charge is -2.09. The molecule has 28 heavy (non-hydrogen) atoms. The summed E-state index contributed by atoms with van der Waals surface area (Å²) in [6, 6.07) is 11.9. The summed E-state index contributed by atoms with van der Waals surface area (Å²) in [6.45, 7) is 10.1. The highest BCUT2D eigenvalue weighted by atomic mass is 32.1. The van der Waals surface area contributed by atoms with Gasteiger partial charge >= 0.3 is 0 Å². The SMILES string of the molecule is Cc1ccc(C(=O)Nc2cc(C)nn2-c2nc3cc(C)c(C)cc3s2)c(C)c1. The zero-order valence-corrected chi connectivity index (χ0v) is 17.4. The van der Waals surface area contributed by atoms with Crippen LogP contribution < -0.4 is 5.32 Å². The Bertz CT molecular complexity index is 1180. The van der Waals surface area contributed by atoms with Crippen LogP contribution in [0.5, 0.6) is 0 Å². The van der Waals surface area contributed by atoms with Crippen molar-refractivity contribution in [2.45, 2.75) is 34.6 Å². The van der Waals surface area contributed by atoms with Crippen LogP contribution in [0.15, 0.2) is 36.4 Å². The summed E-state index contributed by atoms with van der Waals surface area (Å²) in [5.74, 6) is 0.474. The molecular formula is C22H22N4OS. The quantitative estimate of drug-likeness (QED) is 0.518. The van der Waals surface area contributed by atoms with E-state index in [4.69, 9.17) is 4.98 Å². The number of carbonyl (C=O) groups excluding carboxylic acids is 1. The van der Waals surface area contributed by atoms with E-state index in [1.54, 1.807) is 16.0 Å². The van der Waals surface area contributed by atoms with Crippen LogP contribution in [0.1, 0.15) is 38.3 Å². The fourth-order valence-corrected chi connectivity index (χ4v) is 4.26. The molecule has 5 nitrogen and oxygen atoms in total. The van der Waals surface area contributed by atoms with Gasteiger partial charge < -0.3 is 5.32 Å². The van der Waals surface area contributed by atoms with E-state index in [1.165, 1.54) is 11.1 Å². The van der Waals surface area contributed by atoms with E-state index < -0.39 is 0 Å². The second-order valence-corrected chi connectivity index (χ2v) is 8.26. The van der Waals surface area contributed by atoms with Gasteiger partial charge in [0.15, 0.2) is 0 Å². The summed E-state index contributed by atoms with van der Waals surface area (Å²) in [6.07, 6.45) is 0. The Labute approximate surface area is 168 Å². The lowest BCUT2D eigenvalue weighted by atomic mass is 10.1. The zero-order chi connectivity index (χ0) is 20.0. The van der Waals surface area contributed by atoms with Crippen molar-refractivity contribution in [3.05, 3.63) is 69.9 Å². The Morgan fingerprint density at radius 3 is 2.46 bits per heavy atom. The van der Waals surface area contributed by atoms with E-state index in [9.17, 15) is 4.79 Å². The molecule has 1 amide bonds. The van der Waals surface area contributed by atoms with Crippen molar-refractivity contribution in [1.29, 1.82) is 0 Å². The summed E-state index contributed by atoms with van der Waals surface area (Å²) in [7, 11) is 0. The predicted molar refractivity (Wildman–Crippen MR) is 115 cm³/mol. The van der Waals surface area contributed by atoms with Crippen molar-refractivity contribution in [3.63, 3.8) is 0 Å². The molecule has 6 heteroatoms. The highest BCUT2D eigenvalue weighted by Gasteiger charge is 2.17. The molecule has 142 valence electrons. The van der Waals surface area contributed by atoms with E-state index in [1.807, 2.05) is 45.0 Å². The van der Waals surface area contributed by atoms with E-state index in [0.29, 0.717) is 11.4 Å². The lowest BCUT2D eigenvalue weighted by molar-refractivity contribution is 0.102. The Morgan fingerprint density at radius 1 is 0.964 bits per heavy atom. The van der Waals surface area contributed by atoms with Gasteiger partial charge in [-0.2, -0.15) is 9.78 Å². The van der Waals surface area contributed by atoms with Crippen molar-refractivity contribution >= 4 is 33.3 Å². The number of amides is 1. The maximum absolute atomic E-state index is 12.8. The van der Waals surface area contributed by atoms with Crippen molar-refractivity contribution in [2.75, 3.05) is 5.32 Å². The van der Waals surface area contributed by atoms with Gasteiger partial charge in [-0.05, 0) is 69.5 Å². The number of nitrogens with one attached hydrogen (secondary N) is 1. The molecule has 0 aliphatic carbocycles. The second-order valence-electron chi connectivity index (χ2n) is 7.26. The zero-order valence-electron chi connectivity index (χ0n) is 16.6. The van der Waals surface area contributed by atoms with Crippen molar-refractivity contribution in [1.82, 2.24) is 14.8 Å². The third kappa shape index (κ3) is 3.31. The predicted octanol–water partition coefficient (Wildman–Crippen LogP) is 5.28. The molecule has 0 saturated heterocycles. The van der Waals surface area contributed by atoms with Gasteiger partial charge in [-0.15, -0.1) is 0 Å². The molecule has 0 fully saturated rings. The molecule has 0 spiro atoms. The molecule has 0 aliphatic heterocycles. The van der Waals surface area contributed by atoms with Crippen LogP contribution in [-0.2, 0) is 0 Å². The molecule has 4 aromatic rings. The molecule has 0 aliphatic rings. The molecule has 2 aromatic heterocycles. The normalized spacial score (nSPS) is 11.2. The standard InChI is InChI=1S/C22H22N4OS/c1-12-6-7-17(15(4)8-12)21(27)24-20-11-16(5)25-26(20)22-23-18-9-13(2)14(3)10-19(18)28-22/h6-11H,1-5H3,(H,24,27). The first-order chi connectivity index (χ1) is 13.3. The summed E-state index contributed by atoms with van der Waals surface area (Å²) >= 11 is 1.57. The van der Waals surface area contributed by atoms with Crippen LogP contribution in [0.3, 0.4) is 0 Å². The number of carbonyl (C=O) groups is 1. The fourth-order valence-electron chi connectivity index (χ4n) is 3.24. The van der Waals surface area contributed by atoms with Crippen LogP contribution in [0.25, 0.3) is 15.3 Å². The van der Waals surface area contributed by atoms with Crippen LogP contribution in [0.4, 0.5) is 5.82 Å². The largest absolute Gasteiger partial charge is 0.306 e. The number of aromatic nitrogens is 3. The molecule has 0 radical (unpaired) electrons. The fraction of sp³-hybridized carbons (Fsp3) is 0.227. The number of aryl methyl sites for hydroxylation is 5. The van der Waals surface area contributed by atoms with E-state index in [0.717, 1.165) is 32.2 Å². The van der Waals surface area contributed by atoms with Gasteiger partial charge in [0.1, 0.15) is 5.82 Å². The van der Waals surface area contributed by atoms with Gasteiger partial charge in [0.2, 0.25) is 5.13 Å². The first-order valence-corrected chi connectivity index (χ1v) is 9.97. The Morgan fingerprint density at radius 2 is 1.71 bits per heavy atom. The number of rotatable bonds is 3. The minimum absolute atomic E-state index is 0.147. The maximum atomic E-state index is 12.8. The summed E-state index contributed by atoms with van der Waals surface area (Å²) in [4.78, 5) is 17.6. The molecule has 1 N–H and O–H groups in total. The average molecular weight is 391 g/mol. The number of nitrogens with zero attached hydrogens (tertiary/aromatic N) is 3. The number of hydrogen-bond acceptors (Lipinski definition) is 4. The van der Waals surface area contributed by atoms with Crippen LogP contribution in [-0.4, -0.2) is 20.7 Å². The second kappa shape index (κ2) is 6.87. The Balaban J connectivity index is 1.72. The number of anilines is 1. The van der Waals surface area contributed by atoms with Gasteiger partial charge in [-0.25, -0.2) is 4.98 Å². The lowest BCUT2D eigenvalue weighted by Crippen LogP contribution is -2.16. The smallest absolute Gasteiger partial charge is 0.257 e. The Kier molecular flexibility index (Phi) is 4.51. The minimum atomic E-state index is -0.147. The first-order valence-electron chi connectivity index (χ1n) is 9.15. The number of benzene rings is 2. The average Bonchev–Trinajstić information content (AvgIpc) is 3.18. The van der Waals surface area contributed by atoms with E-state index >= 15 is 0 Å². The number of thiazole rings is 1. The third-order valence-corrected chi connectivity index (χ3v) is 5.87. The number of fused-ring (bicyclic) bond motifs is 1. The number of hydrogen-bond donors (Lipinski definition) is 1. The molecule has 2 aromatic carbocycles. The monoisotopic (exact) mass is 390 g/mol. The van der Waals surface area contributed by atoms with Gasteiger partial charge in [0, 0.05) is 11.6 Å². The van der Waals surface area contributed by atoms with Crippen molar-refractivity contribution < 1.29 is 4.79 Å². The van der Waals surface area contributed by atoms with Gasteiger partial charge in [0.25, 0.3) is 5.91 Å². The molecule has 4 rings (SSSR count). The molecular weight excluding hydrogens is 368 g/mol. The highest BCUT2D eigenvalue weighted by Crippen LogP contribution is 2.29. The maximum Gasteiger partial charge on any atom is 0.257 e. The summed E-state index contributed by atoms with van der Waals surface area (Å²) < 4.78 is 2.82. The molecule has 0 unspecified atom stereocenters. The molecule has 0 atom stereocenters.